The van der Waals surface area contributed by atoms with Gasteiger partial charge in [-0.1, -0.05) is 6.07 Å². The van der Waals surface area contributed by atoms with Gasteiger partial charge in [0.1, 0.15) is 11.2 Å². The minimum atomic E-state index is -2.80. The van der Waals surface area contributed by atoms with Crippen molar-refractivity contribution >= 4 is 46.6 Å². The van der Waals surface area contributed by atoms with Gasteiger partial charge in [-0.2, -0.15) is 0 Å². The van der Waals surface area contributed by atoms with Crippen molar-refractivity contribution in [2.45, 2.75) is 115 Å². The monoisotopic (exact) mass is 893 g/mol. The summed E-state index contributed by atoms with van der Waals surface area (Å²) >= 11 is 0. The molecule has 0 radical (unpaired) electrons. The van der Waals surface area contributed by atoms with Gasteiger partial charge in [0.05, 0.1) is 30.6 Å². The van der Waals surface area contributed by atoms with Gasteiger partial charge in [0.25, 0.3) is 11.8 Å². The summed E-state index contributed by atoms with van der Waals surface area (Å²) in [5.41, 5.74) is 2.96. The molecule has 3 aromatic rings. The number of carbonyl (C=O) groups is 3. The van der Waals surface area contributed by atoms with Gasteiger partial charge in [0.15, 0.2) is 17.2 Å². The SMILES string of the molecule is CO[C@@H]1CC[C@H]1NC(=O)c1cnc2c(N(C)C(=O)OC(C)(C)C)cc(N3CCc4c(N5CCN(C[C@@H]6CCN(C7CCN(C(=O)OC(C)(C)C)CC7)CC6(F)F)CC5)cccc43)nn12. The highest BCUT2D eigenvalue weighted by atomic mass is 19.3. The van der Waals surface area contributed by atoms with Crippen LogP contribution >= 0.6 is 0 Å². The van der Waals surface area contributed by atoms with E-state index in [0.29, 0.717) is 95.3 Å². The number of nitrogens with one attached hydrogen (secondary N) is 1. The van der Waals surface area contributed by atoms with Crippen LogP contribution in [0.25, 0.3) is 5.65 Å². The second-order valence-electron chi connectivity index (χ2n) is 20.1. The molecule has 350 valence electrons. The molecule has 1 aromatic carbocycles. The largest absolute Gasteiger partial charge is 0.444 e. The fraction of sp³-hybridized carbons (Fsp3) is 0.674. The van der Waals surface area contributed by atoms with Gasteiger partial charge in [-0.05, 0) is 98.7 Å². The number of halogens is 2. The van der Waals surface area contributed by atoms with Crippen LogP contribution in [-0.2, 0) is 20.6 Å². The van der Waals surface area contributed by atoms with E-state index in [1.165, 1.54) is 15.6 Å². The molecule has 8 rings (SSSR count). The molecule has 4 aliphatic heterocycles. The number of hydrogen-bond donors (Lipinski definition) is 1. The lowest BCUT2D eigenvalue weighted by Crippen LogP contribution is -2.58. The van der Waals surface area contributed by atoms with Crippen molar-refractivity contribution in [3.63, 3.8) is 0 Å². The van der Waals surface area contributed by atoms with E-state index >= 15 is 8.78 Å². The van der Waals surface area contributed by atoms with E-state index in [2.05, 4.69) is 37.1 Å². The molecule has 64 heavy (non-hydrogen) atoms. The molecule has 2 aromatic heterocycles. The lowest BCUT2D eigenvalue weighted by atomic mass is 9.89. The summed E-state index contributed by atoms with van der Waals surface area (Å²) < 4.78 is 50.0. The maximum absolute atomic E-state index is 15.9. The molecule has 0 bridgehead atoms. The first-order valence-electron chi connectivity index (χ1n) is 22.9. The summed E-state index contributed by atoms with van der Waals surface area (Å²) in [4.78, 5) is 56.0. The predicted molar refractivity (Wildman–Crippen MR) is 240 cm³/mol. The van der Waals surface area contributed by atoms with Crippen LogP contribution < -0.4 is 20.0 Å². The number of likely N-dealkylation sites (tertiary alicyclic amines) is 2. The number of fused-ring (bicyclic) bond motifs is 2. The number of ether oxygens (including phenoxy) is 3. The van der Waals surface area contributed by atoms with Crippen molar-refractivity contribution in [3.8, 4) is 0 Å². The molecule has 3 saturated heterocycles. The lowest BCUT2D eigenvalue weighted by Gasteiger charge is -2.46. The fourth-order valence-electron chi connectivity index (χ4n) is 9.78. The van der Waals surface area contributed by atoms with Gasteiger partial charge in [0, 0.05) is 101 Å². The van der Waals surface area contributed by atoms with Crippen molar-refractivity contribution < 1.29 is 37.4 Å². The first-order valence-corrected chi connectivity index (χ1v) is 22.9. The summed E-state index contributed by atoms with van der Waals surface area (Å²) in [6, 6.07) is 7.96. The first-order chi connectivity index (χ1) is 30.3. The van der Waals surface area contributed by atoms with E-state index in [9.17, 15) is 14.4 Å². The highest BCUT2D eigenvalue weighted by Gasteiger charge is 2.47. The van der Waals surface area contributed by atoms with Gasteiger partial charge in [-0.25, -0.2) is 27.9 Å². The fourth-order valence-corrected chi connectivity index (χ4v) is 9.78. The number of anilines is 4. The van der Waals surface area contributed by atoms with Crippen LogP contribution in [0.2, 0.25) is 0 Å². The number of rotatable bonds is 9. The van der Waals surface area contributed by atoms with Gasteiger partial charge in [-0.3, -0.25) is 19.5 Å². The summed E-state index contributed by atoms with van der Waals surface area (Å²) in [6.45, 7) is 16.1. The maximum atomic E-state index is 15.9. The van der Waals surface area contributed by atoms with E-state index in [-0.39, 0.29) is 42.4 Å². The second-order valence-corrected chi connectivity index (χ2v) is 20.1. The normalized spacial score (nSPS) is 23.5. The van der Waals surface area contributed by atoms with Crippen LogP contribution in [0.15, 0.2) is 30.5 Å². The van der Waals surface area contributed by atoms with Crippen LogP contribution in [0, 0.1) is 5.92 Å². The summed E-state index contributed by atoms with van der Waals surface area (Å²) in [7, 11) is 3.27. The molecule has 6 heterocycles. The van der Waals surface area contributed by atoms with Crippen molar-refractivity contribution in [2.75, 3.05) is 94.3 Å². The number of carbonyl (C=O) groups excluding carboxylic acids is 3. The maximum Gasteiger partial charge on any atom is 0.414 e. The number of piperazine rings is 1. The molecule has 1 N–H and O–H groups in total. The number of piperidine rings is 2. The zero-order valence-electron chi connectivity index (χ0n) is 38.7. The molecule has 16 nitrogen and oxygen atoms in total. The number of amides is 3. The minimum Gasteiger partial charge on any atom is -0.444 e. The van der Waals surface area contributed by atoms with Crippen LogP contribution in [-0.4, -0.2) is 162 Å². The quantitative estimate of drug-likeness (QED) is 0.263. The minimum absolute atomic E-state index is 0.0352. The predicted octanol–water partition coefficient (Wildman–Crippen LogP) is 6.18. The standard InChI is InChI=1S/C46H66F2N10O6/c1-44(2,3)63-42(60)52(7)36-26-39(51-58-37(27-49-40(36)58)41(59)50-33-12-13-38(33)62-8)57-21-17-32-34(10-9-11-35(32)57)54-24-22-53(23-25-54)28-30-14-18-56(29-46(30,47)48)31-15-19-55(20-16-31)43(61)64-45(4,5)6/h9-11,26-27,30-31,33,38H,12-25,28-29H2,1-8H3,(H,50,59)/t30-,33+,38+/m0/s1. The van der Waals surface area contributed by atoms with Crippen LogP contribution in [0.1, 0.15) is 89.7 Å². The van der Waals surface area contributed by atoms with E-state index in [1.807, 2.05) is 58.6 Å². The first kappa shape index (κ1) is 45.7. The van der Waals surface area contributed by atoms with Crippen LogP contribution in [0.4, 0.5) is 41.2 Å². The number of benzene rings is 1. The lowest BCUT2D eigenvalue weighted by molar-refractivity contribution is -0.129. The van der Waals surface area contributed by atoms with Crippen molar-refractivity contribution in [2.24, 2.45) is 5.92 Å². The number of nitrogens with zero attached hydrogens (tertiary/aromatic N) is 9. The summed E-state index contributed by atoms with van der Waals surface area (Å²) in [6.07, 6.45) is 4.73. The molecule has 5 aliphatic rings. The van der Waals surface area contributed by atoms with Crippen molar-refractivity contribution in [1.82, 2.24) is 34.6 Å². The molecule has 4 fully saturated rings. The number of aromatic nitrogens is 3. The molecule has 18 heteroatoms. The van der Waals surface area contributed by atoms with Crippen molar-refractivity contribution in [1.29, 1.82) is 0 Å². The Hall–Kier alpha value is -4.81. The highest BCUT2D eigenvalue weighted by molar-refractivity contribution is 5.97. The Bertz CT molecular complexity index is 2190. The van der Waals surface area contributed by atoms with Crippen molar-refractivity contribution in [3.05, 3.63) is 41.7 Å². The third-order valence-electron chi connectivity index (χ3n) is 13.4. The Morgan fingerprint density at radius 1 is 0.891 bits per heavy atom. The molecular weight excluding hydrogens is 827 g/mol. The average molecular weight is 893 g/mol. The number of alkyl halides is 2. The molecular formula is C46H66F2N10O6. The number of methoxy groups -OCH3 is 1. The van der Waals surface area contributed by atoms with Crippen LogP contribution in [0.5, 0.6) is 0 Å². The topological polar surface area (TPSA) is 141 Å². The Kier molecular flexibility index (Phi) is 12.8. The Labute approximate surface area is 375 Å². The van der Waals surface area contributed by atoms with Crippen LogP contribution in [0.3, 0.4) is 0 Å². The molecule has 3 amide bonds. The average Bonchev–Trinajstić information content (AvgIpc) is 3.87. The third kappa shape index (κ3) is 9.74. The number of imidazole rings is 1. The zero-order chi connectivity index (χ0) is 45.7. The Morgan fingerprint density at radius 3 is 2.23 bits per heavy atom. The van der Waals surface area contributed by atoms with Gasteiger partial charge in [-0.15, -0.1) is 5.10 Å². The molecule has 0 spiro atoms. The van der Waals surface area contributed by atoms with Gasteiger partial charge < -0.3 is 34.2 Å². The van der Waals surface area contributed by atoms with E-state index < -0.39 is 29.1 Å². The molecule has 1 saturated carbocycles. The molecule has 0 unspecified atom stereocenters. The van der Waals surface area contributed by atoms with Gasteiger partial charge >= 0.3 is 12.2 Å². The zero-order valence-corrected chi connectivity index (χ0v) is 38.7. The van der Waals surface area contributed by atoms with E-state index in [4.69, 9.17) is 19.3 Å². The smallest absolute Gasteiger partial charge is 0.414 e. The third-order valence-corrected chi connectivity index (χ3v) is 13.4. The number of hydrogen-bond acceptors (Lipinski definition) is 12. The molecule has 3 atom stereocenters. The Morgan fingerprint density at radius 2 is 1.59 bits per heavy atom. The molecule has 1 aliphatic carbocycles. The Balaban J connectivity index is 0.929. The highest BCUT2D eigenvalue weighted by Crippen LogP contribution is 2.42. The van der Waals surface area contributed by atoms with E-state index in [1.54, 1.807) is 19.1 Å². The summed E-state index contributed by atoms with van der Waals surface area (Å²) in [5.74, 6) is -3.30. The van der Waals surface area contributed by atoms with E-state index in [0.717, 1.165) is 36.2 Å². The second kappa shape index (κ2) is 17.9. The van der Waals surface area contributed by atoms with Gasteiger partial charge in [0.2, 0.25) is 0 Å². The summed E-state index contributed by atoms with van der Waals surface area (Å²) in [5, 5.41) is 8.05.